The van der Waals surface area contributed by atoms with E-state index in [0.717, 1.165) is 23.2 Å². The molecule has 2 aromatic heterocycles. The first-order chi connectivity index (χ1) is 7.88. The van der Waals surface area contributed by atoms with E-state index >= 15 is 0 Å². The van der Waals surface area contributed by atoms with Gasteiger partial charge in [-0.1, -0.05) is 11.6 Å². The second-order valence-corrected chi connectivity index (χ2v) is 5.72. The normalized spacial score (nSPS) is 11.6. The van der Waals surface area contributed by atoms with Gasteiger partial charge in [0.15, 0.2) is 9.84 Å². The molecule has 0 aliphatic rings. The summed E-state index contributed by atoms with van der Waals surface area (Å²) in [6.45, 7) is 0. The molecule has 0 saturated carbocycles. The van der Waals surface area contributed by atoms with Gasteiger partial charge in [-0.15, -0.1) is 0 Å². The standard InChI is InChI=1S/C8H7ClN4O3S/c1-17(15,16)5-3-10-13(4-5)8-6(14)2-7(9)11-12-8/h2-4H,1H3,(H,11,14). The van der Waals surface area contributed by atoms with Crippen molar-refractivity contribution >= 4 is 21.4 Å². The summed E-state index contributed by atoms with van der Waals surface area (Å²) >= 11 is 5.54. The smallest absolute Gasteiger partial charge is 0.227 e. The van der Waals surface area contributed by atoms with Crippen molar-refractivity contribution in [3.8, 4) is 5.82 Å². The van der Waals surface area contributed by atoms with Gasteiger partial charge >= 0.3 is 0 Å². The van der Waals surface area contributed by atoms with Crippen LogP contribution in [0, 0.1) is 0 Å². The molecule has 0 unspecified atom stereocenters. The Balaban J connectivity index is 2.55. The molecule has 0 aromatic carbocycles. The van der Waals surface area contributed by atoms with Gasteiger partial charge in [0.05, 0.1) is 12.4 Å². The van der Waals surface area contributed by atoms with Gasteiger partial charge in [0, 0.05) is 12.3 Å². The van der Waals surface area contributed by atoms with Crippen LogP contribution in [0.4, 0.5) is 0 Å². The molecule has 2 rings (SSSR count). The van der Waals surface area contributed by atoms with Gasteiger partial charge < -0.3 is 0 Å². The highest BCUT2D eigenvalue weighted by Gasteiger charge is 2.13. The van der Waals surface area contributed by atoms with Crippen LogP contribution in [0.1, 0.15) is 0 Å². The second-order valence-electron chi connectivity index (χ2n) is 3.30. The van der Waals surface area contributed by atoms with Crippen molar-refractivity contribution in [3.63, 3.8) is 0 Å². The quantitative estimate of drug-likeness (QED) is 0.832. The molecular formula is C8H7ClN4O3S. The van der Waals surface area contributed by atoms with Crippen molar-refractivity contribution in [1.29, 1.82) is 0 Å². The molecule has 0 spiro atoms. The Bertz CT molecular complexity index is 718. The van der Waals surface area contributed by atoms with Crippen LogP contribution in [-0.2, 0) is 9.84 Å². The molecule has 0 bridgehead atoms. The van der Waals surface area contributed by atoms with Gasteiger partial charge in [0.1, 0.15) is 10.0 Å². The van der Waals surface area contributed by atoms with Crippen LogP contribution in [0.15, 0.2) is 28.2 Å². The van der Waals surface area contributed by atoms with Crippen LogP contribution >= 0.6 is 11.6 Å². The minimum atomic E-state index is -3.36. The zero-order valence-corrected chi connectivity index (χ0v) is 10.2. The maximum atomic E-state index is 11.5. The van der Waals surface area contributed by atoms with E-state index in [1.807, 2.05) is 0 Å². The SMILES string of the molecule is CS(=O)(=O)c1cnn(-c2n[nH]c(Cl)cc2=O)c1. The van der Waals surface area contributed by atoms with Gasteiger partial charge in [-0.2, -0.15) is 10.2 Å². The lowest BCUT2D eigenvalue weighted by Crippen LogP contribution is -2.14. The molecule has 0 aliphatic heterocycles. The Kier molecular flexibility index (Phi) is 2.76. The van der Waals surface area contributed by atoms with Crippen molar-refractivity contribution in [2.75, 3.05) is 6.26 Å². The summed E-state index contributed by atoms with van der Waals surface area (Å²) in [5.41, 5.74) is -0.461. The van der Waals surface area contributed by atoms with Crippen molar-refractivity contribution in [2.45, 2.75) is 4.90 Å². The number of aromatic nitrogens is 4. The fraction of sp³-hybridized carbons (Fsp3) is 0.125. The number of nitrogens with zero attached hydrogens (tertiary/aromatic N) is 3. The zero-order valence-electron chi connectivity index (χ0n) is 8.58. The Morgan fingerprint density at radius 2 is 2.18 bits per heavy atom. The molecule has 2 aromatic rings. The largest absolute Gasteiger partial charge is 0.286 e. The van der Waals surface area contributed by atoms with Gasteiger partial charge in [-0.05, 0) is 0 Å². The summed E-state index contributed by atoms with van der Waals surface area (Å²) in [6, 6.07) is 1.13. The fourth-order valence-corrected chi connectivity index (χ4v) is 1.82. The second kappa shape index (κ2) is 3.97. The topological polar surface area (TPSA) is 97.7 Å². The summed E-state index contributed by atoms with van der Waals surface area (Å²) in [6.07, 6.45) is 3.40. The molecule has 9 heteroatoms. The zero-order chi connectivity index (χ0) is 12.6. The van der Waals surface area contributed by atoms with E-state index in [-0.39, 0.29) is 15.9 Å². The Hall–Kier alpha value is -1.67. The van der Waals surface area contributed by atoms with Crippen LogP contribution in [0.3, 0.4) is 0 Å². The van der Waals surface area contributed by atoms with E-state index in [0.29, 0.717) is 0 Å². The van der Waals surface area contributed by atoms with Gasteiger partial charge in [0.2, 0.25) is 11.2 Å². The van der Waals surface area contributed by atoms with E-state index in [4.69, 9.17) is 11.6 Å². The summed E-state index contributed by atoms with van der Waals surface area (Å²) in [4.78, 5) is 11.5. The summed E-state index contributed by atoms with van der Waals surface area (Å²) in [5.74, 6) is -0.0516. The predicted molar refractivity (Wildman–Crippen MR) is 60.1 cm³/mol. The number of sulfone groups is 1. The van der Waals surface area contributed by atoms with E-state index in [1.165, 1.54) is 6.20 Å². The monoisotopic (exact) mass is 274 g/mol. The van der Waals surface area contributed by atoms with E-state index in [1.54, 1.807) is 0 Å². The number of halogens is 1. The molecular weight excluding hydrogens is 268 g/mol. The Morgan fingerprint density at radius 3 is 2.71 bits per heavy atom. The molecule has 0 radical (unpaired) electrons. The molecule has 0 saturated heterocycles. The molecule has 90 valence electrons. The van der Waals surface area contributed by atoms with Crippen LogP contribution in [0.25, 0.3) is 5.82 Å². The molecule has 0 fully saturated rings. The molecule has 2 heterocycles. The maximum Gasteiger partial charge on any atom is 0.227 e. The van der Waals surface area contributed by atoms with Crippen LogP contribution < -0.4 is 5.43 Å². The number of aromatic amines is 1. The van der Waals surface area contributed by atoms with Crippen molar-refractivity contribution in [2.24, 2.45) is 0 Å². The number of nitrogens with one attached hydrogen (secondary N) is 1. The predicted octanol–water partition coefficient (Wildman–Crippen LogP) is 0.0125. The number of hydrogen-bond acceptors (Lipinski definition) is 5. The molecule has 0 atom stereocenters. The van der Waals surface area contributed by atoms with Gasteiger partial charge in [-0.25, -0.2) is 13.1 Å². The Labute approximate surface area is 101 Å². The van der Waals surface area contributed by atoms with E-state index < -0.39 is 15.3 Å². The van der Waals surface area contributed by atoms with E-state index in [2.05, 4.69) is 15.3 Å². The molecule has 0 aliphatic carbocycles. The average Bonchev–Trinajstić information content (AvgIpc) is 2.65. The first kappa shape index (κ1) is 11.8. The maximum absolute atomic E-state index is 11.5. The van der Waals surface area contributed by atoms with Crippen molar-refractivity contribution in [1.82, 2.24) is 20.0 Å². The average molecular weight is 275 g/mol. The number of H-pyrrole nitrogens is 1. The van der Waals surface area contributed by atoms with Crippen LogP contribution in [0.5, 0.6) is 0 Å². The molecule has 17 heavy (non-hydrogen) atoms. The highest BCUT2D eigenvalue weighted by Crippen LogP contribution is 2.08. The highest BCUT2D eigenvalue weighted by atomic mass is 35.5. The highest BCUT2D eigenvalue weighted by molar-refractivity contribution is 7.90. The lowest BCUT2D eigenvalue weighted by molar-refractivity contribution is 0.602. The third-order valence-electron chi connectivity index (χ3n) is 1.95. The van der Waals surface area contributed by atoms with Crippen LogP contribution in [0.2, 0.25) is 5.15 Å². The Morgan fingerprint density at radius 1 is 1.47 bits per heavy atom. The minimum Gasteiger partial charge on any atom is -0.286 e. The summed E-state index contributed by atoms with van der Waals surface area (Å²) in [7, 11) is -3.36. The van der Waals surface area contributed by atoms with Crippen LogP contribution in [-0.4, -0.2) is 34.7 Å². The van der Waals surface area contributed by atoms with Gasteiger partial charge in [0.25, 0.3) is 0 Å². The van der Waals surface area contributed by atoms with E-state index in [9.17, 15) is 13.2 Å². The lowest BCUT2D eigenvalue weighted by Gasteiger charge is -1.97. The third kappa shape index (κ3) is 2.37. The van der Waals surface area contributed by atoms with Crippen molar-refractivity contribution in [3.05, 3.63) is 33.8 Å². The summed E-state index contributed by atoms with van der Waals surface area (Å²) in [5, 5.41) is 9.92. The molecule has 0 amide bonds. The minimum absolute atomic E-state index is 0.00801. The number of rotatable bonds is 2. The molecule has 7 nitrogen and oxygen atoms in total. The third-order valence-corrected chi connectivity index (χ3v) is 3.21. The lowest BCUT2D eigenvalue weighted by atomic mass is 10.5. The van der Waals surface area contributed by atoms with Crippen molar-refractivity contribution < 1.29 is 8.42 Å². The fourth-order valence-electron chi connectivity index (χ4n) is 1.15. The first-order valence-corrected chi connectivity index (χ1v) is 6.65. The number of hydrogen-bond donors (Lipinski definition) is 1. The molecule has 1 N–H and O–H groups in total. The first-order valence-electron chi connectivity index (χ1n) is 4.38. The van der Waals surface area contributed by atoms with Gasteiger partial charge in [-0.3, -0.25) is 9.89 Å². The summed E-state index contributed by atoms with van der Waals surface area (Å²) < 4.78 is 23.5.